The highest BCUT2D eigenvalue weighted by Crippen LogP contribution is 2.28. The zero-order chi connectivity index (χ0) is 14.3. The van der Waals surface area contributed by atoms with Crippen LogP contribution in [0.25, 0.3) is 11.2 Å². The second-order valence-corrected chi connectivity index (χ2v) is 5.37. The van der Waals surface area contributed by atoms with Crippen LogP contribution in [0.15, 0.2) is 22.9 Å². The summed E-state index contributed by atoms with van der Waals surface area (Å²) >= 11 is 3.55. The average Bonchev–Trinajstić information content (AvgIpc) is 2.84. The van der Waals surface area contributed by atoms with Gasteiger partial charge in [0.25, 0.3) is 0 Å². The molecule has 7 heteroatoms. The van der Waals surface area contributed by atoms with E-state index in [1.165, 1.54) is 0 Å². The number of aromatic amines is 1. The summed E-state index contributed by atoms with van der Waals surface area (Å²) in [5.41, 5.74) is 10.2. The van der Waals surface area contributed by atoms with Crippen LogP contribution in [0.1, 0.15) is 11.1 Å². The number of fused-ring (bicyclic) bond motifs is 1. The van der Waals surface area contributed by atoms with Gasteiger partial charge in [-0.05, 0) is 37.1 Å². The van der Waals surface area contributed by atoms with Crippen LogP contribution in [0, 0.1) is 13.8 Å². The lowest BCUT2D eigenvalue weighted by molar-refractivity contribution is 1.21. The lowest BCUT2D eigenvalue weighted by Crippen LogP contribution is -2.01. The average molecular weight is 333 g/mol. The summed E-state index contributed by atoms with van der Waals surface area (Å²) < 4.78 is 1.11. The Hall–Kier alpha value is -2.15. The number of aryl methyl sites for hydroxylation is 2. The van der Waals surface area contributed by atoms with Crippen molar-refractivity contribution in [2.75, 3.05) is 11.1 Å². The zero-order valence-electron chi connectivity index (χ0n) is 11.0. The van der Waals surface area contributed by atoms with Crippen LogP contribution >= 0.6 is 15.9 Å². The molecule has 3 rings (SSSR count). The van der Waals surface area contributed by atoms with Crippen molar-refractivity contribution in [3.05, 3.63) is 34.1 Å². The first-order valence-corrected chi connectivity index (χ1v) is 6.84. The van der Waals surface area contributed by atoms with Crippen molar-refractivity contribution in [1.82, 2.24) is 19.9 Å². The van der Waals surface area contributed by atoms with E-state index in [1.807, 2.05) is 26.0 Å². The molecule has 3 aromatic rings. The Bertz CT molecular complexity index is 772. The van der Waals surface area contributed by atoms with Gasteiger partial charge in [0, 0.05) is 10.2 Å². The monoisotopic (exact) mass is 332 g/mol. The minimum absolute atomic E-state index is 0.192. The SMILES string of the molecule is Cc1cc(Nc2nc(N)nc3nc[nH]c23)cc(C)c1Br. The normalized spacial score (nSPS) is 10.9. The molecule has 0 aliphatic heterocycles. The van der Waals surface area contributed by atoms with Crippen molar-refractivity contribution in [1.29, 1.82) is 0 Å². The number of hydrogen-bond donors (Lipinski definition) is 3. The number of rotatable bonds is 2. The van der Waals surface area contributed by atoms with E-state index < -0.39 is 0 Å². The summed E-state index contributed by atoms with van der Waals surface area (Å²) in [6.07, 6.45) is 1.57. The molecule has 2 heterocycles. The van der Waals surface area contributed by atoms with Crippen molar-refractivity contribution < 1.29 is 0 Å². The van der Waals surface area contributed by atoms with Crippen LogP contribution in [0.2, 0.25) is 0 Å². The quantitative estimate of drug-likeness (QED) is 0.670. The maximum Gasteiger partial charge on any atom is 0.224 e. The van der Waals surface area contributed by atoms with E-state index in [9.17, 15) is 0 Å². The Balaban J connectivity index is 2.07. The van der Waals surface area contributed by atoms with E-state index in [4.69, 9.17) is 5.73 Å². The smallest absolute Gasteiger partial charge is 0.224 e. The van der Waals surface area contributed by atoms with E-state index in [1.54, 1.807) is 6.33 Å². The minimum Gasteiger partial charge on any atom is -0.368 e. The minimum atomic E-state index is 0.192. The third kappa shape index (κ3) is 2.20. The number of hydrogen-bond acceptors (Lipinski definition) is 5. The summed E-state index contributed by atoms with van der Waals surface area (Å²) in [7, 11) is 0. The molecule has 0 saturated carbocycles. The Morgan fingerprint density at radius 3 is 2.60 bits per heavy atom. The number of imidazole rings is 1. The summed E-state index contributed by atoms with van der Waals surface area (Å²) in [6, 6.07) is 4.08. The van der Waals surface area contributed by atoms with Crippen molar-refractivity contribution in [3.63, 3.8) is 0 Å². The van der Waals surface area contributed by atoms with Crippen LogP contribution < -0.4 is 11.1 Å². The number of benzene rings is 1. The van der Waals surface area contributed by atoms with Crippen LogP contribution in [-0.4, -0.2) is 19.9 Å². The number of nitrogens with one attached hydrogen (secondary N) is 2. The van der Waals surface area contributed by atoms with Gasteiger partial charge in [0.2, 0.25) is 5.95 Å². The van der Waals surface area contributed by atoms with Gasteiger partial charge in [-0.15, -0.1) is 0 Å². The molecule has 0 saturated heterocycles. The first-order valence-electron chi connectivity index (χ1n) is 6.05. The van der Waals surface area contributed by atoms with Gasteiger partial charge >= 0.3 is 0 Å². The van der Waals surface area contributed by atoms with Crippen molar-refractivity contribution in [3.8, 4) is 0 Å². The van der Waals surface area contributed by atoms with Gasteiger partial charge in [-0.2, -0.15) is 9.97 Å². The van der Waals surface area contributed by atoms with Crippen LogP contribution in [-0.2, 0) is 0 Å². The highest BCUT2D eigenvalue weighted by atomic mass is 79.9. The molecule has 102 valence electrons. The predicted octanol–water partition coefficient (Wildman–Crippen LogP) is 3.06. The molecule has 0 aliphatic rings. The second-order valence-electron chi connectivity index (χ2n) is 4.58. The Labute approximate surface area is 124 Å². The highest BCUT2D eigenvalue weighted by molar-refractivity contribution is 9.10. The largest absolute Gasteiger partial charge is 0.368 e. The van der Waals surface area contributed by atoms with E-state index >= 15 is 0 Å². The lowest BCUT2D eigenvalue weighted by Gasteiger charge is -2.10. The van der Waals surface area contributed by atoms with Gasteiger partial charge < -0.3 is 16.0 Å². The topological polar surface area (TPSA) is 92.5 Å². The molecule has 2 aromatic heterocycles. The molecule has 0 bridgehead atoms. The van der Waals surface area contributed by atoms with E-state index in [2.05, 4.69) is 41.2 Å². The molecule has 1 aromatic carbocycles. The molecule has 0 aliphatic carbocycles. The van der Waals surface area contributed by atoms with E-state index in [-0.39, 0.29) is 5.95 Å². The number of nitrogens with two attached hydrogens (primary N) is 1. The number of anilines is 3. The third-order valence-electron chi connectivity index (χ3n) is 3.00. The van der Waals surface area contributed by atoms with E-state index in [0.717, 1.165) is 26.8 Å². The molecule has 0 atom stereocenters. The molecule has 0 radical (unpaired) electrons. The van der Waals surface area contributed by atoms with Crippen LogP contribution in [0.3, 0.4) is 0 Å². The van der Waals surface area contributed by atoms with Gasteiger partial charge in [-0.3, -0.25) is 0 Å². The van der Waals surface area contributed by atoms with E-state index in [0.29, 0.717) is 11.5 Å². The van der Waals surface area contributed by atoms with Crippen molar-refractivity contribution >= 4 is 44.5 Å². The van der Waals surface area contributed by atoms with Crippen molar-refractivity contribution in [2.24, 2.45) is 0 Å². The fourth-order valence-electron chi connectivity index (χ4n) is 2.10. The summed E-state index contributed by atoms with van der Waals surface area (Å²) in [5, 5.41) is 3.26. The molecule has 0 unspecified atom stereocenters. The first kappa shape index (κ1) is 12.9. The standard InChI is InChI=1S/C13H13BrN6/c1-6-3-8(4-7(2)9(6)14)18-12-10-11(17-5-16-10)19-13(15)20-12/h3-5H,1-2H3,(H4,15,16,17,18,19,20). The highest BCUT2D eigenvalue weighted by Gasteiger charge is 2.10. The number of aromatic nitrogens is 4. The number of H-pyrrole nitrogens is 1. The van der Waals surface area contributed by atoms with Crippen LogP contribution in [0.5, 0.6) is 0 Å². The molecule has 0 spiro atoms. The van der Waals surface area contributed by atoms with Crippen molar-refractivity contribution in [2.45, 2.75) is 13.8 Å². The molecular weight excluding hydrogens is 320 g/mol. The first-order chi connectivity index (χ1) is 9.54. The van der Waals surface area contributed by atoms with Gasteiger partial charge in [-0.1, -0.05) is 15.9 Å². The van der Waals surface area contributed by atoms with Gasteiger partial charge in [0.05, 0.1) is 6.33 Å². The fourth-order valence-corrected chi connectivity index (χ4v) is 2.32. The summed E-state index contributed by atoms with van der Waals surface area (Å²) in [6.45, 7) is 4.09. The second kappa shape index (κ2) is 4.75. The van der Waals surface area contributed by atoms with Gasteiger partial charge in [-0.25, -0.2) is 4.98 Å². The zero-order valence-corrected chi connectivity index (χ0v) is 12.6. The molecule has 4 N–H and O–H groups in total. The molecular formula is C13H13BrN6. The maximum absolute atomic E-state index is 5.70. The summed E-state index contributed by atoms with van der Waals surface area (Å²) in [4.78, 5) is 15.4. The van der Waals surface area contributed by atoms with Gasteiger partial charge in [0.1, 0.15) is 5.52 Å². The Morgan fingerprint density at radius 2 is 1.90 bits per heavy atom. The fraction of sp³-hybridized carbons (Fsp3) is 0.154. The van der Waals surface area contributed by atoms with Gasteiger partial charge in [0.15, 0.2) is 11.5 Å². The Morgan fingerprint density at radius 1 is 1.20 bits per heavy atom. The number of nitrogens with zero attached hydrogens (tertiary/aromatic N) is 3. The molecule has 20 heavy (non-hydrogen) atoms. The predicted molar refractivity (Wildman–Crippen MR) is 83.0 cm³/mol. The lowest BCUT2D eigenvalue weighted by atomic mass is 10.1. The van der Waals surface area contributed by atoms with Crippen LogP contribution in [0.4, 0.5) is 17.5 Å². The third-order valence-corrected chi connectivity index (χ3v) is 4.25. The summed E-state index contributed by atoms with van der Waals surface area (Å²) in [5.74, 6) is 0.809. The number of halogens is 1. The molecule has 0 amide bonds. The molecule has 0 fully saturated rings. The molecule has 6 nitrogen and oxygen atoms in total. The Kier molecular flexibility index (Phi) is 3.06. The maximum atomic E-state index is 5.70. The number of nitrogen functional groups attached to an aromatic ring is 1.